The van der Waals surface area contributed by atoms with E-state index in [0.717, 1.165) is 9.13 Å². The summed E-state index contributed by atoms with van der Waals surface area (Å²) in [5, 5.41) is 15.3. The van der Waals surface area contributed by atoms with Crippen LogP contribution in [0.4, 0.5) is 5.69 Å². The fourth-order valence-corrected chi connectivity index (χ4v) is 3.29. The highest BCUT2D eigenvalue weighted by molar-refractivity contribution is 14.1. The minimum atomic E-state index is -0.572. The van der Waals surface area contributed by atoms with Crippen molar-refractivity contribution in [3.63, 3.8) is 0 Å². The molecule has 0 radical (unpaired) electrons. The number of furan rings is 1. The topological polar surface area (TPSA) is 107 Å². The number of carbonyl (C=O) groups is 1. The van der Waals surface area contributed by atoms with Crippen molar-refractivity contribution < 1.29 is 18.9 Å². The Morgan fingerprint density at radius 2 is 1.91 bits per heavy atom. The molecule has 8 nitrogen and oxygen atoms in total. The Hall–Kier alpha value is -3.73. The van der Waals surface area contributed by atoms with Crippen LogP contribution < -0.4 is 10.2 Å². The smallest absolute Gasteiger partial charge is 0.307 e. The molecule has 1 aromatic heterocycles. The molecular weight excluding hydrogens is 525 g/mol. The first-order valence-corrected chi connectivity index (χ1v) is 10.5. The molecule has 9 heteroatoms. The van der Waals surface area contributed by atoms with Crippen molar-refractivity contribution in [3.05, 3.63) is 103 Å². The second-order valence-corrected chi connectivity index (χ2v) is 7.99. The van der Waals surface area contributed by atoms with Gasteiger partial charge < -0.3 is 9.15 Å². The molecule has 1 N–H and O–H groups in total. The van der Waals surface area contributed by atoms with Crippen molar-refractivity contribution in [1.82, 2.24) is 5.43 Å². The Morgan fingerprint density at radius 3 is 2.69 bits per heavy atom. The number of para-hydroxylation sites is 1. The van der Waals surface area contributed by atoms with E-state index in [0.29, 0.717) is 28.9 Å². The minimum absolute atomic E-state index is 0.000827. The highest BCUT2D eigenvalue weighted by atomic mass is 127. The number of non-ortho nitro benzene ring substituents is 1. The van der Waals surface area contributed by atoms with E-state index in [2.05, 4.69) is 33.1 Å². The summed E-state index contributed by atoms with van der Waals surface area (Å²) in [5.41, 5.74) is 4.43. The summed E-state index contributed by atoms with van der Waals surface area (Å²) < 4.78 is 12.5. The van der Waals surface area contributed by atoms with Crippen molar-refractivity contribution in [2.24, 2.45) is 5.10 Å². The van der Waals surface area contributed by atoms with Gasteiger partial charge in [-0.05, 0) is 64.6 Å². The number of hydrazone groups is 1. The monoisotopic (exact) mass is 541 g/mol. The standard InChI is InChI=1S/C23H16IN3O5/c24-18-7-5-15(6-8-18)14-31-20-4-2-1-3-16(20)13-25-26-23(28)22-12-17-11-19(27(29)30)9-10-21(17)32-22/h1-13H,14H2,(H,26,28)/b25-13-. The largest absolute Gasteiger partial charge is 0.488 e. The van der Waals surface area contributed by atoms with Gasteiger partial charge in [0.25, 0.3) is 5.69 Å². The molecule has 160 valence electrons. The van der Waals surface area contributed by atoms with Crippen molar-refractivity contribution >= 4 is 51.4 Å². The maximum Gasteiger partial charge on any atom is 0.307 e. The first kappa shape index (κ1) is 21.5. The third kappa shape index (κ3) is 5.11. The molecule has 4 aromatic rings. The van der Waals surface area contributed by atoms with Crippen LogP contribution in [-0.4, -0.2) is 17.0 Å². The zero-order valence-corrected chi connectivity index (χ0v) is 18.7. The molecule has 3 aromatic carbocycles. The maximum absolute atomic E-state index is 12.4. The van der Waals surface area contributed by atoms with Gasteiger partial charge in [0, 0.05) is 26.7 Å². The lowest BCUT2D eigenvalue weighted by Gasteiger charge is -2.09. The van der Waals surface area contributed by atoms with E-state index >= 15 is 0 Å². The van der Waals surface area contributed by atoms with Crippen LogP contribution in [0.15, 0.2) is 82.3 Å². The number of nitro groups is 1. The molecule has 0 aliphatic carbocycles. The van der Waals surface area contributed by atoms with Gasteiger partial charge in [-0.1, -0.05) is 24.3 Å². The van der Waals surface area contributed by atoms with Crippen molar-refractivity contribution in [3.8, 4) is 5.75 Å². The van der Waals surface area contributed by atoms with Crippen LogP contribution in [0.5, 0.6) is 5.75 Å². The number of nitrogens with one attached hydrogen (secondary N) is 1. The van der Waals surface area contributed by atoms with E-state index in [-0.39, 0.29) is 11.4 Å². The minimum Gasteiger partial charge on any atom is -0.488 e. The van der Waals surface area contributed by atoms with E-state index in [1.165, 1.54) is 30.5 Å². The number of benzene rings is 3. The van der Waals surface area contributed by atoms with Gasteiger partial charge in [-0.25, -0.2) is 5.43 Å². The van der Waals surface area contributed by atoms with Gasteiger partial charge in [-0.15, -0.1) is 0 Å². The second kappa shape index (κ2) is 9.60. The van der Waals surface area contributed by atoms with Crippen LogP contribution >= 0.6 is 22.6 Å². The van der Waals surface area contributed by atoms with Gasteiger partial charge in [0.2, 0.25) is 0 Å². The summed E-state index contributed by atoms with van der Waals surface area (Å²) in [6, 6.07) is 20.9. The quantitative estimate of drug-likeness (QED) is 0.148. The van der Waals surface area contributed by atoms with E-state index < -0.39 is 10.8 Å². The summed E-state index contributed by atoms with van der Waals surface area (Å²) in [4.78, 5) is 22.8. The number of rotatable bonds is 7. The molecule has 0 saturated carbocycles. The van der Waals surface area contributed by atoms with Crippen molar-refractivity contribution in [2.75, 3.05) is 0 Å². The molecule has 0 atom stereocenters. The number of halogens is 1. The molecule has 1 amide bonds. The summed E-state index contributed by atoms with van der Waals surface area (Å²) in [7, 11) is 0. The van der Waals surface area contributed by atoms with E-state index in [1.54, 1.807) is 0 Å². The van der Waals surface area contributed by atoms with Crippen LogP contribution in [0.3, 0.4) is 0 Å². The lowest BCUT2D eigenvalue weighted by molar-refractivity contribution is -0.384. The average molecular weight is 541 g/mol. The maximum atomic E-state index is 12.4. The van der Waals surface area contributed by atoms with E-state index in [9.17, 15) is 14.9 Å². The van der Waals surface area contributed by atoms with Gasteiger partial charge in [0.05, 0.1) is 11.1 Å². The Kier molecular flexibility index (Phi) is 6.45. The second-order valence-electron chi connectivity index (χ2n) is 6.74. The molecule has 32 heavy (non-hydrogen) atoms. The molecule has 0 fully saturated rings. The zero-order valence-electron chi connectivity index (χ0n) is 16.5. The van der Waals surface area contributed by atoms with E-state index in [1.807, 2.05) is 48.5 Å². The number of fused-ring (bicyclic) bond motifs is 1. The molecule has 0 spiro atoms. The number of nitrogens with zero attached hydrogens (tertiary/aromatic N) is 2. The molecule has 1 heterocycles. The Bertz CT molecular complexity index is 1310. The molecule has 0 unspecified atom stereocenters. The van der Waals surface area contributed by atoms with Gasteiger partial charge >= 0.3 is 5.91 Å². The number of amides is 1. The first-order chi connectivity index (χ1) is 15.5. The third-order valence-electron chi connectivity index (χ3n) is 4.53. The van der Waals surface area contributed by atoms with Crippen LogP contribution in [0, 0.1) is 13.7 Å². The number of hydrogen-bond donors (Lipinski definition) is 1. The van der Waals surface area contributed by atoms with Crippen molar-refractivity contribution in [2.45, 2.75) is 6.61 Å². The van der Waals surface area contributed by atoms with Gasteiger partial charge in [-0.2, -0.15) is 5.10 Å². The Balaban J connectivity index is 1.42. The van der Waals surface area contributed by atoms with Gasteiger partial charge in [-0.3, -0.25) is 14.9 Å². The third-order valence-corrected chi connectivity index (χ3v) is 5.25. The summed E-state index contributed by atoms with van der Waals surface area (Å²) in [5.74, 6) is 0.0541. The molecule has 0 bridgehead atoms. The zero-order chi connectivity index (χ0) is 22.5. The first-order valence-electron chi connectivity index (χ1n) is 9.47. The van der Waals surface area contributed by atoms with Crippen molar-refractivity contribution in [1.29, 1.82) is 0 Å². The fourth-order valence-electron chi connectivity index (χ4n) is 2.93. The fraction of sp³-hybridized carbons (Fsp3) is 0.0435. The lowest BCUT2D eigenvalue weighted by Crippen LogP contribution is -2.16. The predicted molar refractivity (Wildman–Crippen MR) is 128 cm³/mol. The molecule has 0 aliphatic heterocycles. The number of ether oxygens (including phenoxy) is 1. The average Bonchev–Trinajstić information content (AvgIpc) is 3.23. The number of hydrogen-bond acceptors (Lipinski definition) is 6. The lowest BCUT2D eigenvalue weighted by atomic mass is 10.2. The highest BCUT2D eigenvalue weighted by Gasteiger charge is 2.14. The van der Waals surface area contributed by atoms with Crippen LogP contribution in [-0.2, 0) is 6.61 Å². The molecule has 0 saturated heterocycles. The predicted octanol–water partition coefficient (Wildman–Crippen LogP) is 5.29. The van der Waals surface area contributed by atoms with Crippen LogP contribution in [0.1, 0.15) is 21.7 Å². The SMILES string of the molecule is O=C(N/N=C\c1ccccc1OCc1ccc(I)cc1)c1cc2cc([N+](=O)[O-])ccc2o1. The Morgan fingerprint density at radius 1 is 1.12 bits per heavy atom. The van der Waals surface area contributed by atoms with Crippen LogP contribution in [0.2, 0.25) is 0 Å². The highest BCUT2D eigenvalue weighted by Crippen LogP contribution is 2.24. The van der Waals surface area contributed by atoms with Gasteiger partial charge in [0.1, 0.15) is 17.9 Å². The van der Waals surface area contributed by atoms with E-state index in [4.69, 9.17) is 9.15 Å². The number of nitro benzene ring substituents is 1. The Labute approximate surface area is 196 Å². The number of carbonyl (C=O) groups excluding carboxylic acids is 1. The van der Waals surface area contributed by atoms with Crippen LogP contribution in [0.25, 0.3) is 11.0 Å². The molecular formula is C23H16IN3O5. The summed E-state index contributed by atoms with van der Waals surface area (Å²) >= 11 is 2.25. The summed E-state index contributed by atoms with van der Waals surface area (Å²) in [6.07, 6.45) is 1.48. The van der Waals surface area contributed by atoms with Gasteiger partial charge in [0.15, 0.2) is 5.76 Å². The summed E-state index contributed by atoms with van der Waals surface area (Å²) in [6.45, 7) is 0.402. The molecule has 0 aliphatic rings. The molecule has 4 rings (SSSR count). The normalized spacial score (nSPS) is 11.0.